The molecule has 2 aromatic carbocycles. The van der Waals surface area contributed by atoms with Gasteiger partial charge in [-0.15, -0.1) is 0 Å². The van der Waals surface area contributed by atoms with Crippen LogP contribution in [0.25, 0.3) is 11.3 Å². The van der Waals surface area contributed by atoms with Crippen LogP contribution in [0.1, 0.15) is 17.9 Å². The van der Waals surface area contributed by atoms with Crippen molar-refractivity contribution >= 4 is 35.4 Å². The van der Waals surface area contributed by atoms with E-state index in [2.05, 4.69) is 4.98 Å². The lowest BCUT2D eigenvalue weighted by Crippen LogP contribution is -2.19. The molecule has 29 heavy (non-hydrogen) atoms. The maximum absolute atomic E-state index is 10.8. The SMILES string of the molecule is Cn1cnc(-c2ccc([C@H]3C[C@@H]3C(=N)OC(N)=O)cc2)c1Sc1ccc(Cl)cc1. The number of aryl methyl sites for hydroxylation is 1. The van der Waals surface area contributed by atoms with Crippen LogP contribution >= 0.6 is 23.4 Å². The first-order valence-electron chi connectivity index (χ1n) is 9.03. The molecule has 3 aromatic rings. The summed E-state index contributed by atoms with van der Waals surface area (Å²) in [4.78, 5) is 16.5. The van der Waals surface area contributed by atoms with E-state index in [-0.39, 0.29) is 17.7 Å². The third kappa shape index (κ3) is 4.31. The molecule has 0 radical (unpaired) electrons. The Balaban J connectivity index is 1.51. The number of hydrogen-bond acceptors (Lipinski definition) is 5. The molecule has 1 aliphatic carbocycles. The quantitative estimate of drug-likeness (QED) is 0.440. The van der Waals surface area contributed by atoms with Gasteiger partial charge in [-0.2, -0.15) is 0 Å². The molecule has 6 nitrogen and oxygen atoms in total. The molecule has 1 fully saturated rings. The van der Waals surface area contributed by atoms with E-state index in [0.717, 1.165) is 33.2 Å². The van der Waals surface area contributed by atoms with Gasteiger partial charge in [0.05, 0.1) is 6.33 Å². The van der Waals surface area contributed by atoms with Crippen LogP contribution in [0.2, 0.25) is 5.02 Å². The topological polar surface area (TPSA) is 94.0 Å². The van der Waals surface area contributed by atoms with Gasteiger partial charge < -0.3 is 15.0 Å². The summed E-state index contributed by atoms with van der Waals surface area (Å²) in [5.41, 5.74) is 8.03. The molecule has 3 N–H and O–H groups in total. The van der Waals surface area contributed by atoms with Gasteiger partial charge in [0, 0.05) is 28.4 Å². The van der Waals surface area contributed by atoms with Crippen molar-refractivity contribution in [1.82, 2.24) is 9.55 Å². The summed E-state index contributed by atoms with van der Waals surface area (Å²) in [5.74, 6) is 0.0414. The molecule has 2 atom stereocenters. The highest BCUT2D eigenvalue weighted by atomic mass is 35.5. The van der Waals surface area contributed by atoms with Crippen molar-refractivity contribution in [2.24, 2.45) is 18.7 Å². The Labute approximate surface area is 177 Å². The molecule has 0 saturated heterocycles. The number of rotatable bonds is 5. The zero-order valence-corrected chi connectivity index (χ0v) is 17.2. The Hall–Kier alpha value is -2.77. The van der Waals surface area contributed by atoms with Crippen molar-refractivity contribution in [3.8, 4) is 11.3 Å². The van der Waals surface area contributed by atoms with Crippen molar-refractivity contribution in [2.75, 3.05) is 0 Å². The van der Waals surface area contributed by atoms with Gasteiger partial charge in [-0.1, -0.05) is 47.6 Å². The Morgan fingerprint density at radius 1 is 1.24 bits per heavy atom. The minimum Gasteiger partial charge on any atom is -0.396 e. The fourth-order valence-electron chi connectivity index (χ4n) is 3.28. The monoisotopic (exact) mass is 426 g/mol. The number of primary amides is 1. The Kier molecular flexibility index (Phi) is 5.34. The minimum atomic E-state index is -0.933. The number of hydrogen-bond donors (Lipinski definition) is 2. The number of carbonyl (C=O) groups excluding carboxylic acids is 1. The first-order valence-corrected chi connectivity index (χ1v) is 10.2. The van der Waals surface area contributed by atoms with Crippen LogP contribution < -0.4 is 5.73 Å². The van der Waals surface area contributed by atoms with Crippen LogP contribution in [-0.2, 0) is 11.8 Å². The van der Waals surface area contributed by atoms with Gasteiger partial charge in [-0.3, -0.25) is 5.41 Å². The van der Waals surface area contributed by atoms with Crippen LogP contribution in [-0.4, -0.2) is 21.5 Å². The van der Waals surface area contributed by atoms with Crippen LogP contribution in [0.5, 0.6) is 0 Å². The molecule has 4 rings (SSSR count). The van der Waals surface area contributed by atoms with Crippen LogP contribution in [0, 0.1) is 11.3 Å². The Morgan fingerprint density at radius 3 is 2.59 bits per heavy atom. The molecule has 0 bridgehead atoms. The molecule has 0 unspecified atom stereocenters. The number of ether oxygens (including phenoxy) is 1. The highest BCUT2D eigenvalue weighted by Crippen LogP contribution is 2.48. The second-order valence-electron chi connectivity index (χ2n) is 6.92. The zero-order valence-electron chi connectivity index (χ0n) is 15.6. The lowest BCUT2D eigenvalue weighted by Gasteiger charge is -2.08. The van der Waals surface area contributed by atoms with Crippen molar-refractivity contribution < 1.29 is 9.53 Å². The number of amides is 1. The number of aromatic nitrogens is 2. The number of nitrogens with zero attached hydrogens (tertiary/aromatic N) is 2. The molecule has 1 saturated carbocycles. The smallest absolute Gasteiger partial charge is 0.396 e. The van der Waals surface area contributed by atoms with E-state index >= 15 is 0 Å². The molecular weight excluding hydrogens is 408 g/mol. The maximum Gasteiger partial charge on any atom is 0.411 e. The third-order valence-corrected chi connectivity index (χ3v) is 6.30. The second kappa shape index (κ2) is 7.93. The lowest BCUT2D eigenvalue weighted by atomic mass is 10.1. The molecule has 0 aliphatic heterocycles. The summed E-state index contributed by atoms with van der Waals surface area (Å²) >= 11 is 7.62. The van der Waals surface area contributed by atoms with E-state index in [1.54, 1.807) is 18.1 Å². The van der Waals surface area contributed by atoms with Crippen LogP contribution in [0.15, 0.2) is 64.8 Å². The van der Waals surface area contributed by atoms with E-state index in [1.807, 2.05) is 60.1 Å². The van der Waals surface area contributed by atoms with Crippen LogP contribution in [0.4, 0.5) is 4.79 Å². The minimum absolute atomic E-state index is 0.0575. The zero-order chi connectivity index (χ0) is 20.5. The van der Waals surface area contributed by atoms with E-state index in [9.17, 15) is 4.79 Å². The standard InChI is InChI=1S/C21H19ClN4O2S/c1-26-11-25-18(20(26)29-15-8-6-14(22)7-9-15)13-4-2-12(3-5-13)16-10-17(16)19(23)28-21(24)27/h2-9,11,16-17,23H,10H2,1H3,(H2,24,27)/t16-,17+/m1/s1. The molecule has 1 heterocycles. The average molecular weight is 427 g/mol. The number of imidazole rings is 1. The first kappa shape index (κ1) is 19.5. The summed E-state index contributed by atoms with van der Waals surface area (Å²) in [5, 5.41) is 9.55. The van der Waals surface area contributed by atoms with Gasteiger partial charge in [0.2, 0.25) is 0 Å². The predicted molar refractivity (Wildman–Crippen MR) is 113 cm³/mol. The molecular formula is C21H19ClN4O2S. The number of nitrogens with one attached hydrogen (secondary N) is 1. The fourth-order valence-corrected chi connectivity index (χ4v) is 4.36. The van der Waals surface area contributed by atoms with Gasteiger partial charge >= 0.3 is 6.09 Å². The number of nitrogens with two attached hydrogens (primary N) is 1. The average Bonchev–Trinajstić information content (AvgIpc) is 3.42. The first-order chi connectivity index (χ1) is 13.9. The van der Waals surface area contributed by atoms with Gasteiger partial charge in [0.1, 0.15) is 10.7 Å². The largest absolute Gasteiger partial charge is 0.411 e. The molecule has 1 aliphatic rings. The van der Waals surface area contributed by atoms with Crippen molar-refractivity contribution in [3.63, 3.8) is 0 Å². The summed E-state index contributed by atoms with van der Waals surface area (Å²) in [7, 11) is 1.97. The lowest BCUT2D eigenvalue weighted by molar-refractivity contribution is 0.205. The number of benzene rings is 2. The fraction of sp³-hybridized carbons (Fsp3) is 0.190. The third-order valence-electron chi connectivity index (χ3n) is 4.86. The maximum atomic E-state index is 10.8. The van der Waals surface area contributed by atoms with Gasteiger partial charge in [0.25, 0.3) is 0 Å². The Bertz CT molecular complexity index is 1060. The number of carbonyl (C=O) groups is 1. The van der Waals surface area contributed by atoms with E-state index in [4.69, 9.17) is 27.5 Å². The van der Waals surface area contributed by atoms with E-state index in [1.165, 1.54) is 0 Å². The molecule has 1 amide bonds. The second-order valence-corrected chi connectivity index (χ2v) is 8.42. The highest BCUT2D eigenvalue weighted by Gasteiger charge is 2.43. The molecule has 148 valence electrons. The molecule has 0 spiro atoms. The highest BCUT2D eigenvalue weighted by molar-refractivity contribution is 7.99. The van der Waals surface area contributed by atoms with Gasteiger partial charge in [-0.05, 0) is 42.2 Å². The van der Waals surface area contributed by atoms with E-state index in [0.29, 0.717) is 5.02 Å². The van der Waals surface area contributed by atoms with Gasteiger partial charge in [0.15, 0.2) is 5.90 Å². The van der Waals surface area contributed by atoms with Crippen molar-refractivity contribution in [1.29, 1.82) is 5.41 Å². The van der Waals surface area contributed by atoms with E-state index < -0.39 is 6.09 Å². The molecule has 8 heteroatoms. The van der Waals surface area contributed by atoms with Crippen LogP contribution in [0.3, 0.4) is 0 Å². The molecule has 1 aromatic heterocycles. The summed E-state index contributed by atoms with van der Waals surface area (Å²) in [6, 6.07) is 15.9. The van der Waals surface area contributed by atoms with Gasteiger partial charge in [-0.25, -0.2) is 9.78 Å². The summed E-state index contributed by atoms with van der Waals surface area (Å²) in [6.45, 7) is 0. The predicted octanol–water partition coefficient (Wildman–Crippen LogP) is 5.07. The Morgan fingerprint density at radius 2 is 1.93 bits per heavy atom. The summed E-state index contributed by atoms with van der Waals surface area (Å²) in [6.07, 6.45) is 1.66. The van der Waals surface area contributed by atoms with Crippen molar-refractivity contribution in [2.45, 2.75) is 22.3 Å². The normalized spacial score (nSPS) is 17.7. The number of halogens is 1. The van der Waals surface area contributed by atoms with Crippen molar-refractivity contribution in [3.05, 3.63) is 65.4 Å². The summed E-state index contributed by atoms with van der Waals surface area (Å²) < 4.78 is 6.70.